The van der Waals surface area contributed by atoms with Crippen LogP contribution < -0.4 is 5.32 Å². The van der Waals surface area contributed by atoms with Gasteiger partial charge in [-0.15, -0.1) is 0 Å². The topological polar surface area (TPSA) is 114 Å². The highest BCUT2D eigenvalue weighted by molar-refractivity contribution is 5.96. The van der Waals surface area contributed by atoms with Gasteiger partial charge in [-0.1, -0.05) is 48.5 Å². The van der Waals surface area contributed by atoms with E-state index in [2.05, 4.69) is 29.6 Å². The number of amides is 3. The van der Waals surface area contributed by atoms with E-state index in [1.807, 2.05) is 45.0 Å². The van der Waals surface area contributed by atoms with Crippen molar-refractivity contribution in [2.24, 2.45) is 0 Å². The van der Waals surface area contributed by atoms with Crippen molar-refractivity contribution in [3.63, 3.8) is 0 Å². The summed E-state index contributed by atoms with van der Waals surface area (Å²) < 4.78 is 17.7. The van der Waals surface area contributed by atoms with Gasteiger partial charge >= 0.3 is 12.1 Å². The van der Waals surface area contributed by atoms with Gasteiger partial charge in [-0.2, -0.15) is 0 Å². The first-order valence-corrected chi connectivity index (χ1v) is 16.6. The number of carbonyl (C=O) groups is 4. The molecule has 47 heavy (non-hydrogen) atoms. The monoisotopic (exact) mass is 647 g/mol. The molecule has 2 fully saturated rings. The summed E-state index contributed by atoms with van der Waals surface area (Å²) in [5.74, 6) is -1.44. The Labute approximate surface area is 278 Å². The normalized spacial score (nSPS) is 21.3. The van der Waals surface area contributed by atoms with E-state index in [1.54, 1.807) is 34.6 Å². The molecule has 254 valence electrons. The van der Waals surface area contributed by atoms with Crippen molar-refractivity contribution in [2.75, 3.05) is 19.7 Å². The number of fused-ring (bicyclic) bond motifs is 3. The molecule has 10 heteroatoms. The predicted octanol–water partition coefficient (Wildman–Crippen LogP) is 5.42. The van der Waals surface area contributed by atoms with Crippen molar-refractivity contribution in [1.82, 2.24) is 15.1 Å². The second-order valence-corrected chi connectivity index (χ2v) is 15.4. The molecule has 3 aliphatic rings. The lowest BCUT2D eigenvalue weighted by Gasteiger charge is -2.35. The number of benzene rings is 2. The van der Waals surface area contributed by atoms with Crippen LogP contribution in [0.25, 0.3) is 11.1 Å². The van der Waals surface area contributed by atoms with Crippen molar-refractivity contribution in [3.8, 4) is 11.1 Å². The first-order chi connectivity index (χ1) is 21.9. The summed E-state index contributed by atoms with van der Waals surface area (Å²) in [5.41, 5.74) is 1.91. The van der Waals surface area contributed by atoms with E-state index in [9.17, 15) is 19.2 Å². The maximum absolute atomic E-state index is 13.9. The summed E-state index contributed by atoms with van der Waals surface area (Å²) in [6.45, 7) is 15.1. The second kappa shape index (κ2) is 12.9. The van der Waals surface area contributed by atoms with Crippen molar-refractivity contribution in [2.45, 2.75) is 115 Å². The number of rotatable bonds is 7. The minimum absolute atomic E-state index is 0.119. The van der Waals surface area contributed by atoms with Gasteiger partial charge in [-0.05, 0) is 90.5 Å². The summed E-state index contributed by atoms with van der Waals surface area (Å²) >= 11 is 0. The minimum atomic E-state index is -1.35. The Morgan fingerprint density at radius 3 is 1.98 bits per heavy atom. The molecular weight excluding hydrogens is 598 g/mol. The molecule has 2 aromatic carbocycles. The van der Waals surface area contributed by atoms with Gasteiger partial charge in [-0.3, -0.25) is 14.5 Å². The van der Waals surface area contributed by atoms with Crippen LogP contribution in [0.15, 0.2) is 48.5 Å². The van der Waals surface area contributed by atoms with Crippen LogP contribution >= 0.6 is 0 Å². The fourth-order valence-corrected chi connectivity index (χ4v) is 6.94. The predicted molar refractivity (Wildman–Crippen MR) is 178 cm³/mol. The third-order valence-electron chi connectivity index (χ3n) is 8.82. The number of hydrogen-bond donors (Lipinski definition) is 1. The zero-order valence-electron chi connectivity index (χ0n) is 28.9. The molecule has 0 unspecified atom stereocenters. The number of nitrogens with zero attached hydrogens (tertiary/aromatic N) is 2. The highest BCUT2D eigenvalue weighted by Crippen LogP contribution is 2.44. The lowest BCUT2D eigenvalue weighted by Crippen LogP contribution is -2.61. The molecule has 0 bridgehead atoms. The Kier molecular flexibility index (Phi) is 9.48. The number of likely N-dealkylation sites (tertiary alicyclic amines) is 2. The molecule has 0 aromatic heterocycles. The first-order valence-electron chi connectivity index (χ1n) is 16.6. The van der Waals surface area contributed by atoms with Crippen LogP contribution in [0, 0.1) is 0 Å². The van der Waals surface area contributed by atoms with Gasteiger partial charge in [-0.25, -0.2) is 9.59 Å². The van der Waals surface area contributed by atoms with Crippen molar-refractivity contribution < 1.29 is 33.4 Å². The van der Waals surface area contributed by atoms with E-state index in [1.165, 1.54) is 9.80 Å². The zero-order chi connectivity index (χ0) is 34.3. The lowest BCUT2D eigenvalue weighted by atomic mass is 9.98. The first kappa shape index (κ1) is 34.4. The average Bonchev–Trinajstić information content (AvgIpc) is 3.70. The maximum atomic E-state index is 13.9. The van der Waals surface area contributed by atoms with Gasteiger partial charge < -0.3 is 24.4 Å². The Balaban J connectivity index is 1.30. The van der Waals surface area contributed by atoms with E-state index >= 15 is 0 Å². The molecule has 3 atom stereocenters. The van der Waals surface area contributed by atoms with Gasteiger partial charge in [0.25, 0.3) is 0 Å². The average molecular weight is 648 g/mol. The fourth-order valence-electron chi connectivity index (χ4n) is 6.94. The molecule has 0 spiro atoms. The second-order valence-electron chi connectivity index (χ2n) is 15.4. The molecule has 1 N–H and O–H groups in total. The van der Waals surface area contributed by atoms with Gasteiger partial charge in [0.1, 0.15) is 29.8 Å². The summed E-state index contributed by atoms with van der Waals surface area (Å²) in [6.07, 6.45) is 0.390. The number of hydrogen-bond acceptors (Lipinski definition) is 7. The molecular formula is C37H49N3O7. The third-order valence-corrected chi connectivity index (χ3v) is 8.82. The Bertz CT molecular complexity index is 1480. The van der Waals surface area contributed by atoms with Crippen molar-refractivity contribution in [1.29, 1.82) is 0 Å². The lowest BCUT2D eigenvalue weighted by molar-refractivity contribution is -0.164. The molecule has 2 saturated heterocycles. The molecule has 2 heterocycles. The van der Waals surface area contributed by atoms with Crippen molar-refractivity contribution in [3.05, 3.63) is 59.7 Å². The van der Waals surface area contributed by atoms with Crippen LogP contribution in [-0.2, 0) is 28.6 Å². The van der Waals surface area contributed by atoms with E-state index < -0.39 is 52.9 Å². The highest BCUT2D eigenvalue weighted by atomic mass is 16.6. The van der Waals surface area contributed by atoms with Gasteiger partial charge in [0.05, 0.1) is 18.2 Å². The van der Waals surface area contributed by atoms with Crippen LogP contribution in [0.1, 0.15) is 91.7 Å². The molecule has 2 aromatic rings. The fraction of sp³-hybridized carbons (Fsp3) is 0.568. The van der Waals surface area contributed by atoms with E-state index in [4.69, 9.17) is 14.2 Å². The number of carbonyl (C=O) groups excluding carboxylic acids is 4. The van der Waals surface area contributed by atoms with Crippen LogP contribution in [0.2, 0.25) is 0 Å². The largest absolute Gasteiger partial charge is 0.458 e. The van der Waals surface area contributed by atoms with Crippen LogP contribution in [0.3, 0.4) is 0 Å². The number of ether oxygens (including phenoxy) is 3. The minimum Gasteiger partial charge on any atom is -0.458 e. The van der Waals surface area contributed by atoms with Crippen LogP contribution in [0.4, 0.5) is 4.79 Å². The number of esters is 1. The van der Waals surface area contributed by atoms with E-state index in [0.29, 0.717) is 19.4 Å². The molecule has 0 saturated carbocycles. The summed E-state index contributed by atoms with van der Waals surface area (Å²) in [6, 6.07) is 14.6. The zero-order valence-corrected chi connectivity index (χ0v) is 28.9. The van der Waals surface area contributed by atoms with E-state index in [-0.39, 0.29) is 31.4 Å². The Morgan fingerprint density at radius 1 is 0.809 bits per heavy atom. The van der Waals surface area contributed by atoms with Crippen LogP contribution in [-0.4, -0.2) is 88.3 Å². The van der Waals surface area contributed by atoms with Gasteiger partial charge in [0.15, 0.2) is 0 Å². The standard InChI is InChI=1S/C37H49N3O7/c1-35(2,3)46-23-20-30(31(41)38-37(7,8)33(43)39-19-13-18-29(39)32(42)47-36(4,5)6)40(21-23)34(44)45-22-28-26-16-11-9-14-24(26)25-15-10-12-17-27(25)28/h9-12,14-17,23,28-30H,13,18-22H2,1-8H3,(H,38,41)/t23-,29+,30+/m1/s1. The highest BCUT2D eigenvalue weighted by Gasteiger charge is 2.47. The van der Waals surface area contributed by atoms with Gasteiger partial charge in [0, 0.05) is 18.9 Å². The molecule has 3 amide bonds. The number of nitrogens with one attached hydrogen (secondary N) is 1. The molecule has 10 nitrogen and oxygen atoms in total. The van der Waals surface area contributed by atoms with Crippen LogP contribution in [0.5, 0.6) is 0 Å². The van der Waals surface area contributed by atoms with Crippen molar-refractivity contribution >= 4 is 23.9 Å². The third kappa shape index (κ3) is 7.64. The summed E-state index contributed by atoms with van der Waals surface area (Å²) in [5, 5.41) is 2.89. The van der Waals surface area contributed by atoms with E-state index in [0.717, 1.165) is 22.3 Å². The SMILES string of the molecule is CC(C)(C)OC(=O)[C@@H]1CCCN1C(=O)C(C)(C)NC(=O)[C@@H]1C[C@@H](OC(C)(C)C)CN1C(=O)OCC1c2ccccc2-c2ccccc21. The maximum Gasteiger partial charge on any atom is 0.410 e. The van der Waals surface area contributed by atoms with Gasteiger partial charge in [0.2, 0.25) is 11.8 Å². The summed E-state index contributed by atoms with van der Waals surface area (Å²) in [7, 11) is 0. The summed E-state index contributed by atoms with van der Waals surface area (Å²) in [4.78, 5) is 57.3. The molecule has 1 aliphatic carbocycles. The molecule has 5 rings (SSSR count). The molecule has 0 radical (unpaired) electrons. The smallest absolute Gasteiger partial charge is 0.410 e. The molecule has 2 aliphatic heterocycles. The Hall–Kier alpha value is -3.92. The Morgan fingerprint density at radius 2 is 1.40 bits per heavy atom. The quantitative estimate of drug-likeness (QED) is 0.399.